The maximum atomic E-state index is 11.9. The van der Waals surface area contributed by atoms with Crippen LogP contribution in [0.4, 0.5) is 0 Å². The molecule has 0 bridgehead atoms. The molecule has 18 heavy (non-hydrogen) atoms. The van der Waals surface area contributed by atoms with E-state index in [1.54, 1.807) is 18.2 Å². The van der Waals surface area contributed by atoms with E-state index in [0.717, 1.165) is 0 Å². The first-order chi connectivity index (χ1) is 8.63. The second-order valence-corrected chi connectivity index (χ2v) is 4.09. The second kappa shape index (κ2) is 5.07. The Hall–Kier alpha value is -2.06. The smallest absolute Gasteiger partial charge is 0.341 e. The normalized spacial score (nSPS) is 9.83. The summed E-state index contributed by atoms with van der Waals surface area (Å²) in [7, 11) is 0. The summed E-state index contributed by atoms with van der Waals surface area (Å²) in [6.07, 6.45) is 1.21. The Balaban J connectivity index is 2.70. The van der Waals surface area contributed by atoms with Crippen molar-refractivity contribution in [3.63, 3.8) is 0 Å². The second-order valence-electron chi connectivity index (χ2n) is 3.53. The highest BCUT2D eigenvalue weighted by Crippen LogP contribution is 2.10. The molecule has 0 saturated carbocycles. The van der Waals surface area contributed by atoms with Crippen molar-refractivity contribution >= 4 is 32.8 Å². The number of halogens is 1. The molecule has 1 heterocycles. The topological polar surface area (TPSA) is 70.2 Å². The van der Waals surface area contributed by atoms with E-state index in [2.05, 4.69) is 32.8 Å². The minimum absolute atomic E-state index is 0.270. The molecule has 0 atom stereocenters. The van der Waals surface area contributed by atoms with E-state index in [4.69, 9.17) is 5.11 Å². The minimum atomic E-state index is -1.24. The molecule has 0 saturated heterocycles. The highest BCUT2D eigenvalue weighted by atomic mass is 79.9. The van der Waals surface area contributed by atoms with Crippen molar-refractivity contribution in [2.24, 2.45) is 0 Å². The first-order valence-electron chi connectivity index (χ1n) is 5.07. The van der Waals surface area contributed by atoms with E-state index in [1.165, 1.54) is 6.20 Å². The van der Waals surface area contributed by atoms with Gasteiger partial charge in [-0.1, -0.05) is 27.8 Å². The molecule has 0 unspecified atom stereocenters. The van der Waals surface area contributed by atoms with Crippen LogP contribution in [0.1, 0.15) is 15.9 Å². The molecule has 90 valence electrons. The molecule has 0 aliphatic rings. The standard InChI is InChI=1S/C13H8BrNO3/c14-5-1-2-8-3-4-11-9(6-8)12(16)10(7-15-11)13(17)18/h3-4,6-7H,5H2,(H,15,16)(H,17,18). The lowest BCUT2D eigenvalue weighted by atomic mass is 10.1. The van der Waals surface area contributed by atoms with Gasteiger partial charge in [0.15, 0.2) is 0 Å². The molecule has 2 N–H and O–H groups in total. The van der Waals surface area contributed by atoms with Crippen molar-refractivity contribution in [3.8, 4) is 11.8 Å². The molecule has 0 amide bonds. The fraction of sp³-hybridized carbons (Fsp3) is 0.0769. The number of benzene rings is 1. The van der Waals surface area contributed by atoms with Crippen LogP contribution in [0.2, 0.25) is 0 Å². The van der Waals surface area contributed by atoms with E-state index < -0.39 is 11.4 Å². The fourth-order valence-electron chi connectivity index (χ4n) is 1.59. The number of nitrogens with one attached hydrogen (secondary N) is 1. The number of pyridine rings is 1. The van der Waals surface area contributed by atoms with Gasteiger partial charge in [-0.15, -0.1) is 0 Å². The predicted octanol–water partition coefficient (Wildman–Crippen LogP) is 1.97. The molecular weight excluding hydrogens is 298 g/mol. The number of fused-ring (bicyclic) bond motifs is 1. The van der Waals surface area contributed by atoms with Crippen molar-refractivity contribution in [1.29, 1.82) is 0 Å². The predicted molar refractivity (Wildman–Crippen MR) is 72.2 cm³/mol. The van der Waals surface area contributed by atoms with Crippen LogP contribution < -0.4 is 5.43 Å². The van der Waals surface area contributed by atoms with E-state index >= 15 is 0 Å². The van der Waals surface area contributed by atoms with Gasteiger partial charge in [-0.2, -0.15) is 0 Å². The maximum Gasteiger partial charge on any atom is 0.341 e. The molecule has 2 rings (SSSR count). The molecular formula is C13H8BrNO3. The van der Waals surface area contributed by atoms with Gasteiger partial charge in [0.25, 0.3) is 0 Å². The summed E-state index contributed by atoms with van der Waals surface area (Å²) in [6, 6.07) is 5.07. The van der Waals surface area contributed by atoms with E-state index in [9.17, 15) is 9.59 Å². The number of carbonyl (C=O) groups is 1. The van der Waals surface area contributed by atoms with Crippen molar-refractivity contribution in [2.45, 2.75) is 0 Å². The van der Waals surface area contributed by atoms with Crippen LogP contribution >= 0.6 is 15.9 Å². The average molecular weight is 306 g/mol. The van der Waals surface area contributed by atoms with E-state index in [0.29, 0.717) is 21.8 Å². The van der Waals surface area contributed by atoms with Crippen LogP contribution in [0.25, 0.3) is 10.9 Å². The van der Waals surface area contributed by atoms with Crippen LogP contribution in [-0.2, 0) is 0 Å². The summed E-state index contributed by atoms with van der Waals surface area (Å²) in [4.78, 5) is 25.6. The van der Waals surface area contributed by atoms with Gasteiger partial charge in [-0.3, -0.25) is 4.79 Å². The molecule has 0 fully saturated rings. The van der Waals surface area contributed by atoms with Crippen LogP contribution in [0.15, 0.2) is 29.2 Å². The Morgan fingerprint density at radius 2 is 2.22 bits per heavy atom. The Bertz CT molecular complexity index is 737. The van der Waals surface area contributed by atoms with E-state index in [-0.39, 0.29) is 5.56 Å². The SMILES string of the molecule is O=C(O)c1c[nH]c2ccc(C#CCBr)cc2c1=O. The van der Waals surface area contributed by atoms with E-state index in [1.807, 2.05) is 0 Å². The lowest BCUT2D eigenvalue weighted by Gasteiger charge is -2.00. The largest absolute Gasteiger partial charge is 0.477 e. The van der Waals surface area contributed by atoms with Crippen LogP contribution in [-0.4, -0.2) is 21.4 Å². The number of aromatic carboxylic acids is 1. The first-order valence-corrected chi connectivity index (χ1v) is 6.19. The van der Waals surface area contributed by atoms with Gasteiger partial charge in [-0.05, 0) is 18.2 Å². The molecule has 0 radical (unpaired) electrons. The molecule has 1 aromatic heterocycles. The number of rotatable bonds is 1. The number of alkyl halides is 1. The summed E-state index contributed by atoms with van der Waals surface area (Å²) in [5.41, 5.74) is 0.497. The monoisotopic (exact) mass is 305 g/mol. The zero-order valence-corrected chi connectivity index (χ0v) is 10.7. The molecule has 4 nitrogen and oxygen atoms in total. The summed E-state index contributed by atoms with van der Waals surface area (Å²) in [6.45, 7) is 0. The Morgan fingerprint density at radius 1 is 1.44 bits per heavy atom. The van der Waals surface area contributed by atoms with Crippen molar-refractivity contribution in [1.82, 2.24) is 4.98 Å². The number of aromatic nitrogens is 1. The lowest BCUT2D eigenvalue weighted by molar-refractivity contribution is 0.0695. The fourth-order valence-corrected chi connectivity index (χ4v) is 1.73. The highest BCUT2D eigenvalue weighted by molar-refractivity contribution is 9.09. The van der Waals surface area contributed by atoms with Crippen LogP contribution in [0.5, 0.6) is 0 Å². The van der Waals surface area contributed by atoms with Gasteiger partial charge in [0.1, 0.15) is 5.56 Å². The van der Waals surface area contributed by atoms with Crippen molar-refractivity contribution in [3.05, 3.63) is 45.7 Å². The minimum Gasteiger partial charge on any atom is -0.477 e. The zero-order chi connectivity index (χ0) is 13.1. The van der Waals surface area contributed by atoms with Gasteiger partial charge in [0, 0.05) is 22.7 Å². The summed E-state index contributed by atoms with van der Waals surface area (Å²) < 4.78 is 0. The Labute approximate surface area is 111 Å². The molecule has 0 aliphatic heterocycles. The number of carboxylic acid groups (broad SMARTS) is 1. The third kappa shape index (κ3) is 2.29. The van der Waals surface area contributed by atoms with Crippen molar-refractivity contribution in [2.75, 3.05) is 5.33 Å². The molecule has 2 aromatic rings. The van der Waals surface area contributed by atoms with Crippen molar-refractivity contribution < 1.29 is 9.90 Å². The quantitative estimate of drug-likeness (QED) is 0.625. The Morgan fingerprint density at radius 3 is 2.89 bits per heavy atom. The number of aromatic amines is 1. The van der Waals surface area contributed by atoms with Crippen LogP contribution in [0.3, 0.4) is 0 Å². The average Bonchev–Trinajstić information content (AvgIpc) is 2.36. The number of H-pyrrole nitrogens is 1. The first kappa shape index (κ1) is 12.4. The van der Waals surface area contributed by atoms with Crippen LogP contribution in [0, 0.1) is 11.8 Å². The summed E-state index contributed by atoms with van der Waals surface area (Å²) in [5, 5.41) is 9.75. The summed E-state index contributed by atoms with van der Waals surface area (Å²) >= 11 is 3.18. The van der Waals surface area contributed by atoms with Gasteiger partial charge >= 0.3 is 5.97 Å². The molecule has 0 aliphatic carbocycles. The molecule has 1 aromatic carbocycles. The van der Waals surface area contributed by atoms with Gasteiger partial charge in [0.05, 0.1) is 5.33 Å². The molecule has 5 heteroatoms. The number of carboxylic acids is 1. The highest BCUT2D eigenvalue weighted by Gasteiger charge is 2.11. The third-order valence-corrected chi connectivity index (χ3v) is 2.69. The maximum absolute atomic E-state index is 11.9. The van der Waals surface area contributed by atoms with Gasteiger partial charge in [0.2, 0.25) is 5.43 Å². The number of hydrogen-bond donors (Lipinski definition) is 2. The summed E-state index contributed by atoms with van der Waals surface area (Å²) in [5.74, 6) is 4.45. The van der Waals surface area contributed by atoms with Gasteiger partial charge in [-0.25, -0.2) is 4.79 Å². The lowest BCUT2D eigenvalue weighted by Crippen LogP contribution is -2.15. The Kier molecular flexibility index (Phi) is 3.49. The number of hydrogen-bond acceptors (Lipinski definition) is 2. The van der Waals surface area contributed by atoms with Gasteiger partial charge < -0.3 is 10.1 Å². The molecule has 0 spiro atoms. The third-order valence-electron chi connectivity index (χ3n) is 2.41. The zero-order valence-electron chi connectivity index (χ0n) is 9.16.